The van der Waals surface area contributed by atoms with Crippen LogP contribution in [0.5, 0.6) is 0 Å². The van der Waals surface area contributed by atoms with Gasteiger partial charge in [0.15, 0.2) is 0 Å². The van der Waals surface area contributed by atoms with Crippen molar-refractivity contribution in [1.29, 1.82) is 0 Å². The molecule has 0 radical (unpaired) electrons. The average Bonchev–Trinajstić information content (AvgIpc) is 2.64. The summed E-state index contributed by atoms with van der Waals surface area (Å²) in [4.78, 5) is 11.9. The Balaban J connectivity index is 0.00000144. The lowest BCUT2D eigenvalue weighted by atomic mass is 9.67. The van der Waals surface area contributed by atoms with E-state index in [0.29, 0.717) is 5.41 Å². The molecule has 0 aromatic carbocycles. The lowest BCUT2D eigenvalue weighted by Crippen LogP contribution is -2.43. The molecule has 2 aliphatic carbocycles. The maximum atomic E-state index is 11.9. The van der Waals surface area contributed by atoms with Crippen LogP contribution in [-0.2, 0) is 4.79 Å². The summed E-state index contributed by atoms with van der Waals surface area (Å²) in [5.41, 5.74) is 6.26. The van der Waals surface area contributed by atoms with Gasteiger partial charge in [0, 0.05) is 18.5 Å². The quantitative estimate of drug-likeness (QED) is 0.815. The van der Waals surface area contributed by atoms with E-state index in [2.05, 4.69) is 12.2 Å². The van der Waals surface area contributed by atoms with Gasteiger partial charge in [-0.1, -0.05) is 13.3 Å². The SMILES string of the molecule is CCC1(CNC(=O)C2CCC(N)C2)CCC1.Cl. The smallest absolute Gasteiger partial charge is 0.223 e. The van der Waals surface area contributed by atoms with Crippen molar-refractivity contribution in [2.45, 2.75) is 57.9 Å². The van der Waals surface area contributed by atoms with Crippen molar-refractivity contribution in [2.75, 3.05) is 6.54 Å². The molecule has 0 aromatic rings. The molecule has 2 aliphatic rings. The standard InChI is InChI=1S/C13H24N2O.ClH/c1-2-13(6-3-7-13)9-15-12(16)10-4-5-11(14)8-10;/h10-11H,2-9,14H2,1H3,(H,15,16);1H. The van der Waals surface area contributed by atoms with E-state index in [1.165, 1.54) is 25.7 Å². The van der Waals surface area contributed by atoms with E-state index >= 15 is 0 Å². The fourth-order valence-electron chi connectivity index (χ4n) is 3.01. The molecule has 3 N–H and O–H groups in total. The Morgan fingerprint density at radius 3 is 2.53 bits per heavy atom. The van der Waals surface area contributed by atoms with E-state index in [0.717, 1.165) is 25.8 Å². The summed E-state index contributed by atoms with van der Waals surface area (Å²) in [6.07, 6.45) is 7.96. The van der Waals surface area contributed by atoms with Gasteiger partial charge in [-0.2, -0.15) is 0 Å². The number of amides is 1. The zero-order valence-electron chi connectivity index (χ0n) is 10.7. The number of rotatable bonds is 4. The number of hydrogen-bond acceptors (Lipinski definition) is 2. The fraction of sp³-hybridized carbons (Fsp3) is 0.923. The number of carbonyl (C=O) groups excluding carboxylic acids is 1. The summed E-state index contributed by atoms with van der Waals surface area (Å²) in [7, 11) is 0. The molecule has 2 unspecified atom stereocenters. The Morgan fingerprint density at radius 2 is 2.12 bits per heavy atom. The van der Waals surface area contributed by atoms with Crippen LogP contribution in [0.25, 0.3) is 0 Å². The molecule has 2 saturated carbocycles. The van der Waals surface area contributed by atoms with Gasteiger partial charge in [-0.3, -0.25) is 4.79 Å². The third-order valence-electron chi connectivity index (χ3n) is 4.65. The normalized spacial score (nSPS) is 30.2. The van der Waals surface area contributed by atoms with E-state index in [1.54, 1.807) is 0 Å². The molecule has 2 rings (SSSR count). The highest BCUT2D eigenvalue weighted by atomic mass is 35.5. The molecule has 100 valence electrons. The summed E-state index contributed by atoms with van der Waals surface area (Å²) in [6.45, 7) is 3.12. The summed E-state index contributed by atoms with van der Waals surface area (Å²) >= 11 is 0. The van der Waals surface area contributed by atoms with E-state index < -0.39 is 0 Å². The first-order valence-corrected chi connectivity index (χ1v) is 6.68. The Morgan fingerprint density at radius 1 is 1.41 bits per heavy atom. The van der Waals surface area contributed by atoms with Crippen molar-refractivity contribution in [1.82, 2.24) is 5.32 Å². The van der Waals surface area contributed by atoms with Crippen LogP contribution in [0.3, 0.4) is 0 Å². The predicted octanol–water partition coefficient (Wildman–Crippen LogP) is 2.23. The Kier molecular flexibility index (Phi) is 5.26. The summed E-state index contributed by atoms with van der Waals surface area (Å²) < 4.78 is 0. The van der Waals surface area contributed by atoms with Gasteiger partial charge < -0.3 is 11.1 Å². The van der Waals surface area contributed by atoms with Gasteiger partial charge in [0.25, 0.3) is 0 Å². The van der Waals surface area contributed by atoms with Crippen molar-refractivity contribution in [3.05, 3.63) is 0 Å². The molecule has 0 aliphatic heterocycles. The maximum Gasteiger partial charge on any atom is 0.223 e. The molecule has 0 spiro atoms. The second-order valence-electron chi connectivity index (χ2n) is 5.69. The van der Waals surface area contributed by atoms with Crippen LogP contribution in [0.2, 0.25) is 0 Å². The van der Waals surface area contributed by atoms with Crippen LogP contribution >= 0.6 is 12.4 Å². The Labute approximate surface area is 110 Å². The number of hydrogen-bond donors (Lipinski definition) is 2. The van der Waals surface area contributed by atoms with Crippen LogP contribution in [0.1, 0.15) is 51.9 Å². The molecule has 1 amide bonds. The van der Waals surface area contributed by atoms with E-state index in [-0.39, 0.29) is 30.3 Å². The first-order chi connectivity index (χ1) is 7.65. The minimum atomic E-state index is 0. The number of nitrogens with two attached hydrogens (primary N) is 1. The van der Waals surface area contributed by atoms with Gasteiger partial charge >= 0.3 is 0 Å². The van der Waals surface area contributed by atoms with E-state index in [1.807, 2.05) is 0 Å². The van der Waals surface area contributed by atoms with Crippen LogP contribution in [0.4, 0.5) is 0 Å². The molecule has 4 heteroatoms. The van der Waals surface area contributed by atoms with Gasteiger partial charge in [-0.25, -0.2) is 0 Å². The zero-order chi connectivity index (χ0) is 11.6. The first-order valence-electron chi connectivity index (χ1n) is 6.68. The highest BCUT2D eigenvalue weighted by molar-refractivity contribution is 5.85. The van der Waals surface area contributed by atoms with Crippen molar-refractivity contribution >= 4 is 18.3 Å². The molecule has 0 bridgehead atoms. The molecule has 0 aromatic heterocycles. The lowest BCUT2D eigenvalue weighted by Gasteiger charge is -2.41. The molecule has 3 nitrogen and oxygen atoms in total. The Bertz CT molecular complexity index is 261. The highest BCUT2D eigenvalue weighted by Gasteiger charge is 2.36. The first kappa shape index (κ1) is 14.8. The van der Waals surface area contributed by atoms with Crippen LogP contribution in [0, 0.1) is 11.3 Å². The molecular weight excluding hydrogens is 236 g/mol. The van der Waals surface area contributed by atoms with Crippen LogP contribution in [0.15, 0.2) is 0 Å². The van der Waals surface area contributed by atoms with Gasteiger partial charge in [0.2, 0.25) is 5.91 Å². The minimum absolute atomic E-state index is 0. The van der Waals surface area contributed by atoms with Gasteiger partial charge in [0.05, 0.1) is 0 Å². The van der Waals surface area contributed by atoms with Gasteiger partial charge in [-0.05, 0) is 43.9 Å². The number of halogens is 1. The van der Waals surface area contributed by atoms with Gasteiger partial charge in [-0.15, -0.1) is 12.4 Å². The van der Waals surface area contributed by atoms with Crippen molar-refractivity contribution in [2.24, 2.45) is 17.1 Å². The van der Waals surface area contributed by atoms with E-state index in [4.69, 9.17) is 5.73 Å². The van der Waals surface area contributed by atoms with Crippen molar-refractivity contribution in [3.8, 4) is 0 Å². The van der Waals surface area contributed by atoms with Crippen molar-refractivity contribution < 1.29 is 4.79 Å². The van der Waals surface area contributed by atoms with Crippen LogP contribution in [-0.4, -0.2) is 18.5 Å². The molecule has 2 fully saturated rings. The van der Waals surface area contributed by atoms with Gasteiger partial charge in [0.1, 0.15) is 0 Å². The predicted molar refractivity (Wildman–Crippen MR) is 72.1 cm³/mol. The fourth-order valence-corrected chi connectivity index (χ4v) is 3.01. The lowest BCUT2D eigenvalue weighted by molar-refractivity contribution is -0.125. The summed E-state index contributed by atoms with van der Waals surface area (Å²) in [5, 5.41) is 3.14. The highest BCUT2D eigenvalue weighted by Crippen LogP contribution is 2.43. The number of carbonyl (C=O) groups is 1. The third kappa shape index (κ3) is 3.35. The second kappa shape index (κ2) is 6.05. The topological polar surface area (TPSA) is 55.1 Å². The van der Waals surface area contributed by atoms with E-state index in [9.17, 15) is 4.79 Å². The number of nitrogens with one attached hydrogen (secondary N) is 1. The molecule has 0 heterocycles. The van der Waals surface area contributed by atoms with Crippen LogP contribution < -0.4 is 11.1 Å². The molecule has 17 heavy (non-hydrogen) atoms. The largest absolute Gasteiger partial charge is 0.355 e. The third-order valence-corrected chi connectivity index (χ3v) is 4.65. The molecular formula is C13H25ClN2O. The second-order valence-corrected chi connectivity index (χ2v) is 5.69. The molecule has 2 atom stereocenters. The minimum Gasteiger partial charge on any atom is -0.355 e. The average molecular weight is 261 g/mol. The Hall–Kier alpha value is -0.280. The molecule has 0 saturated heterocycles. The zero-order valence-corrected chi connectivity index (χ0v) is 11.5. The van der Waals surface area contributed by atoms with Crippen molar-refractivity contribution in [3.63, 3.8) is 0 Å². The summed E-state index contributed by atoms with van der Waals surface area (Å²) in [5.74, 6) is 0.427. The maximum absolute atomic E-state index is 11.9. The summed E-state index contributed by atoms with van der Waals surface area (Å²) in [6, 6.07) is 0.250. The monoisotopic (exact) mass is 260 g/mol.